The van der Waals surface area contributed by atoms with Gasteiger partial charge in [0.1, 0.15) is 11.9 Å². The van der Waals surface area contributed by atoms with Gasteiger partial charge in [0, 0.05) is 0 Å². The molecule has 2 nitrogen and oxygen atoms in total. The van der Waals surface area contributed by atoms with Crippen LogP contribution < -0.4 is 4.74 Å². The molecular formula is C12H15ClO2. The fraction of sp³-hybridized carbons (Fsp3) is 0.500. The van der Waals surface area contributed by atoms with Crippen LogP contribution in [0.15, 0.2) is 18.2 Å². The Morgan fingerprint density at radius 2 is 2.20 bits per heavy atom. The largest absolute Gasteiger partial charge is 0.489 e. The standard InChI is InChI=1S/C12H15ClO2/c1-7-5-12(7)15-11-4-3-9(8(2)14)6-10(11)13/h3-4,6-8,12,14H,5H2,1-2H3. The third-order valence-electron chi connectivity index (χ3n) is 2.75. The third kappa shape index (κ3) is 2.44. The van der Waals surface area contributed by atoms with E-state index in [-0.39, 0.29) is 0 Å². The van der Waals surface area contributed by atoms with E-state index in [1.807, 2.05) is 12.1 Å². The molecule has 0 saturated heterocycles. The zero-order chi connectivity index (χ0) is 11.0. The van der Waals surface area contributed by atoms with E-state index in [0.29, 0.717) is 17.0 Å². The number of benzene rings is 1. The van der Waals surface area contributed by atoms with Gasteiger partial charge in [0.15, 0.2) is 0 Å². The first-order valence-electron chi connectivity index (χ1n) is 5.22. The lowest BCUT2D eigenvalue weighted by Crippen LogP contribution is -2.00. The van der Waals surface area contributed by atoms with E-state index >= 15 is 0 Å². The second kappa shape index (κ2) is 4.03. The molecule has 1 saturated carbocycles. The molecule has 3 atom stereocenters. The molecule has 82 valence electrons. The summed E-state index contributed by atoms with van der Waals surface area (Å²) in [7, 11) is 0. The van der Waals surface area contributed by atoms with Crippen molar-refractivity contribution in [3.63, 3.8) is 0 Å². The van der Waals surface area contributed by atoms with Crippen LogP contribution >= 0.6 is 11.6 Å². The topological polar surface area (TPSA) is 29.5 Å². The summed E-state index contributed by atoms with van der Waals surface area (Å²) in [4.78, 5) is 0. The molecule has 0 amide bonds. The molecular weight excluding hydrogens is 212 g/mol. The van der Waals surface area contributed by atoms with Crippen LogP contribution in [0.25, 0.3) is 0 Å². The van der Waals surface area contributed by atoms with Crippen molar-refractivity contribution < 1.29 is 9.84 Å². The molecule has 3 heteroatoms. The molecule has 1 fully saturated rings. The average Bonchev–Trinajstić information content (AvgIpc) is 2.85. The maximum atomic E-state index is 9.38. The summed E-state index contributed by atoms with van der Waals surface area (Å²) in [5.74, 6) is 1.35. The average molecular weight is 227 g/mol. The molecule has 0 aromatic heterocycles. The monoisotopic (exact) mass is 226 g/mol. The Morgan fingerprint density at radius 1 is 1.53 bits per heavy atom. The van der Waals surface area contributed by atoms with Gasteiger partial charge in [-0.05, 0) is 37.0 Å². The molecule has 0 aliphatic heterocycles. The summed E-state index contributed by atoms with van der Waals surface area (Å²) in [5.41, 5.74) is 0.816. The molecule has 1 aliphatic rings. The maximum absolute atomic E-state index is 9.38. The van der Waals surface area contributed by atoms with Crippen molar-refractivity contribution in [1.82, 2.24) is 0 Å². The van der Waals surface area contributed by atoms with Gasteiger partial charge in [-0.3, -0.25) is 0 Å². The van der Waals surface area contributed by atoms with Gasteiger partial charge in [-0.1, -0.05) is 24.6 Å². The number of rotatable bonds is 3. The van der Waals surface area contributed by atoms with Gasteiger partial charge in [0.05, 0.1) is 11.1 Å². The first-order chi connectivity index (χ1) is 7.08. The number of aliphatic hydroxyl groups is 1. The highest BCUT2D eigenvalue weighted by molar-refractivity contribution is 6.32. The van der Waals surface area contributed by atoms with Gasteiger partial charge in [-0.15, -0.1) is 0 Å². The van der Waals surface area contributed by atoms with Crippen LogP contribution in [0.3, 0.4) is 0 Å². The molecule has 1 aromatic carbocycles. The Bertz CT molecular complexity index is 363. The van der Waals surface area contributed by atoms with Crippen molar-refractivity contribution in [3.05, 3.63) is 28.8 Å². The summed E-state index contributed by atoms with van der Waals surface area (Å²) in [6.07, 6.45) is 0.936. The Kier molecular flexibility index (Phi) is 2.89. The van der Waals surface area contributed by atoms with Crippen LogP contribution in [0, 0.1) is 5.92 Å². The van der Waals surface area contributed by atoms with Crippen molar-refractivity contribution >= 4 is 11.6 Å². The predicted molar refractivity (Wildman–Crippen MR) is 60.3 cm³/mol. The summed E-state index contributed by atoms with van der Waals surface area (Å²) < 4.78 is 5.69. The van der Waals surface area contributed by atoms with Crippen LogP contribution in [0.5, 0.6) is 5.75 Å². The fourth-order valence-electron chi connectivity index (χ4n) is 1.49. The minimum atomic E-state index is -0.489. The van der Waals surface area contributed by atoms with Crippen LogP contribution in [0.2, 0.25) is 5.02 Å². The Hall–Kier alpha value is -0.730. The quantitative estimate of drug-likeness (QED) is 0.858. The molecule has 0 radical (unpaired) electrons. The first-order valence-corrected chi connectivity index (χ1v) is 5.60. The van der Waals surface area contributed by atoms with E-state index in [9.17, 15) is 5.11 Å². The SMILES string of the molecule is CC(O)c1ccc(OC2CC2C)c(Cl)c1. The highest BCUT2D eigenvalue weighted by Gasteiger charge is 2.35. The number of hydrogen-bond acceptors (Lipinski definition) is 2. The van der Waals surface area contributed by atoms with Gasteiger partial charge < -0.3 is 9.84 Å². The molecule has 1 N–H and O–H groups in total. The lowest BCUT2D eigenvalue weighted by atomic mass is 10.1. The Labute approximate surface area is 94.8 Å². The summed E-state index contributed by atoms with van der Waals surface area (Å²) >= 11 is 6.06. The van der Waals surface area contributed by atoms with E-state index in [1.54, 1.807) is 13.0 Å². The van der Waals surface area contributed by atoms with E-state index in [2.05, 4.69) is 6.92 Å². The van der Waals surface area contributed by atoms with E-state index < -0.39 is 6.10 Å². The van der Waals surface area contributed by atoms with E-state index in [1.165, 1.54) is 0 Å². The second-order valence-electron chi connectivity index (χ2n) is 4.24. The normalized spacial score (nSPS) is 26.1. The lowest BCUT2D eigenvalue weighted by molar-refractivity contribution is 0.199. The van der Waals surface area contributed by atoms with E-state index in [4.69, 9.17) is 16.3 Å². The summed E-state index contributed by atoms with van der Waals surface area (Å²) in [5, 5.41) is 9.95. The van der Waals surface area contributed by atoms with Crippen molar-refractivity contribution in [3.8, 4) is 5.75 Å². The van der Waals surface area contributed by atoms with Crippen molar-refractivity contribution in [2.45, 2.75) is 32.5 Å². The maximum Gasteiger partial charge on any atom is 0.138 e. The fourth-order valence-corrected chi connectivity index (χ4v) is 1.72. The zero-order valence-corrected chi connectivity index (χ0v) is 9.66. The number of hydrogen-bond donors (Lipinski definition) is 1. The van der Waals surface area contributed by atoms with Gasteiger partial charge in [0.25, 0.3) is 0 Å². The van der Waals surface area contributed by atoms with Crippen LogP contribution in [0.1, 0.15) is 31.9 Å². The molecule has 15 heavy (non-hydrogen) atoms. The molecule has 0 heterocycles. The predicted octanol–water partition coefficient (Wildman–Crippen LogP) is 3.18. The van der Waals surface area contributed by atoms with Crippen LogP contribution in [-0.4, -0.2) is 11.2 Å². The Balaban J connectivity index is 2.12. The van der Waals surface area contributed by atoms with Gasteiger partial charge >= 0.3 is 0 Å². The molecule has 2 rings (SSSR count). The highest BCUT2D eigenvalue weighted by Crippen LogP contribution is 2.37. The van der Waals surface area contributed by atoms with Crippen molar-refractivity contribution in [2.75, 3.05) is 0 Å². The summed E-state index contributed by atoms with van der Waals surface area (Å²) in [6.45, 7) is 3.87. The summed E-state index contributed by atoms with van der Waals surface area (Å²) in [6, 6.07) is 5.43. The zero-order valence-electron chi connectivity index (χ0n) is 8.90. The minimum absolute atomic E-state index is 0.319. The number of halogens is 1. The lowest BCUT2D eigenvalue weighted by Gasteiger charge is -2.10. The second-order valence-corrected chi connectivity index (χ2v) is 4.64. The number of ether oxygens (including phenoxy) is 1. The smallest absolute Gasteiger partial charge is 0.138 e. The molecule has 3 unspecified atom stereocenters. The van der Waals surface area contributed by atoms with Crippen molar-refractivity contribution in [1.29, 1.82) is 0 Å². The third-order valence-corrected chi connectivity index (χ3v) is 3.05. The molecule has 0 bridgehead atoms. The van der Waals surface area contributed by atoms with Gasteiger partial charge in [0.2, 0.25) is 0 Å². The molecule has 1 aliphatic carbocycles. The van der Waals surface area contributed by atoms with Gasteiger partial charge in [-0.25, -0.2) is 0 Å². The molecule has 1 aromatic rings. The minimum Gasteiger partial charge on any atom is -0.489 e. The number of aliphatic hydroxyl groups excluding tert-OH is 1. The highest BCUT2D eigenvalue weighted by atomic mass is 35.5. The Morgan fingerprint density at radius 3 is 2.67 bits per heavy atom. The van der Waals surface area contributed by atoms with Crippen molar-refractivity contribution in [2.24, 2.45) is 5.92 Å². The molecule has 0 spiro atoms. The van der Waals surface area contributed by atoms with Crippen LogP contribution in [0.4, 0.5) is 0 Å². The van der Waals surface area contributed by atoms with E-state index in [0.717, 1.165) is 17.7 Å². The van der Waals surface area contributed by atoms with Crippen LogP contribution in [-0.2, 0) is 0 Å². The van der Waals surface area contributed by atoms with Gasteiger partial charge in [-0.2, -0.15) is 0 Å². The first kappa shape index (κ1) is 10.8.